The molecule has 144 valence electrons. The fourth-order valence-corrected chi connectivity index (χ4v) is 3.79. The molecule has 0 aromatic heterocycles. The van der Waals surface area contributed by atoms with Crippen LogP contribution in [0.25, 0.3) is 0 Å². The van der Waals surface area contributed by atoms with E-state index in [9.17, 15) is 4.79 Å². The van der Waals surface area contributed by atoms with E-state index in [0.29, 0.717) is 38.7 Å². The molecule has 0 amide bonds. The van der Waals surface area contributed by atoms with Crippen LogP contribution in [-0.2, 0) is 12.4 Å². The first-order chi connectivity index (χ1) is 13.5. The summed E-state index contributed by atoms with van der Waals surface area (Å²) < 4.78 is 5.74. The lowest BCUT2D eigenvalue weighted by Crippen LogP contribution is -2.03. The molecule has 0 atom stereocenters. The smallest absolute Gasteiger partial charge is 0.172 e. The van der Waals surface area contributed by atoms with E-state index in [1.165, 1.54) is 0 Å². The Balaban J connectivity index is 1.48. The van der Waals surface area contributed by atoms with Crippen molar-refractivity contribution in [2.24, 2.45) is 0 Å². The number of hydrogen-bond acceptors (Lipinski definition) is 3. The van der Waals surface area contributed by atoms with E-state index in [1.807, 2.05) is 30.3 Å². The van der Waals surface area contributed by atoms with E-state index < -0.39 is 0 Å². The molecule has 3 rings (SSSR count). The van der Waals surface area contributed by atoms with Gasteiger partial charge in [0.15, 0.2) is 5.78 Å². The molecule has 0 unspecified atom stereocenters. The monoisotopic (exact) mass is 450 g/mol. The third-order valence-corrected chi connectivity index (χ3v) is 5.98. The first kappa shape index (κ1) is 21.1. The van der Waals surface area contributed by atoms with Gasteiger partial charge in [-0.1, -0.05) is 53.0 Å². The maximum Gasteiger partial charge on any atom is 0.172 e. The van der Waals surface area contributed by atoms with E-state index in [-0.39, 0.29) is 5.78 Å². The molecular weight excluding hydrogens is 435 g/mol. The number of carbonyl (C=O) groups excluding carboxylic acids is 1. The highest BCUT2D eigenvalue weighted by Crippen LogP contribution is 2.24. The van der Waals surface area contributed by atoms with Crippen molar-refractivity contribution in [3.63, 3.8) is 0 Å². The van der Waals surface area contributed by atoms with Gasteiger partial charge in [-0.3, -0.25) is 4.79 Å². The summed E-state index contributed by atoms with van der Waals surface area (Å²) >= 11 is 19.4. The van der Waals surface area contributed by atoms with Crippen LogP contribution in [-0.4, -0.2) is 11.5 Å². The average Bonchev–Trinajstić information content (AvgIpc) is 2.70. The van der Waals surface area contributed by atoms with Crippen LogP contribution in [0.4, 0.5) is 0 Å². The second kappa shape index (κ2) is 10.2. The van der Waals surface area contributed by atoms with E-state index in [0.717, 1.165) is 16.9 Å². The maximum absolute atomic E-state index is 12.3. The molecule has 3 aromatic rings. The number of thioether (sulfide) groups is 1. The molecule has 0 radical (unpaired) electrons. The molecule has 0 N–H and O–H groups in total. The van der Waals surface area contributed by atoms with Gasteiger partial charge in [0.25, 0.3) is 0 Å². The standard InChI is InChI=1S/C22H17Cl3O2S/c23-18-6-1-15(2-7-18)13-28-14-22(26)17-4-8-19(9-5-17)27-12-16-3-10-20(24)21(25)11-16/h1-11H,12-14H2. The van der Waals surface area contributed by atoms with Gasteiger partial charge in [-0.05, 0) is 59.7 Å². The first-order valence-electron chi connectivity index (χ1n) is 8.53. The number of ketones is 1. The van der Waals surface area contributed by atoms with Crippen molar-refractivity contribution in [1.29, 1.82) is 0 Å². The van der Waals surface area contributed by atoms with Crippen LogP contribution in [0, 0.1) is 0 Å². The summed E-state index contributed by atoms with van der Waals surface area (Å²) in [6, 6.07) is 20.2. The summed E-state index contributed by atoms with van der Waals surface area (Å²) in [6.07, 6.45) is 0. The summed E-state index contributed by atoms with van der Waals surface area (Å²) in [5.74, 6) is 1.98. The van der Waals surface area contributed by atoms with Gasteiger partial charge >= 0.3 is 0 Å². The molecular formula is C22H17Cl3O2S. The Kier molecular flexibility index (Phi) is 7.69. The lowest BCUT2D eigenvalue weighted by molar-refractivity contribution is 0.102. The Labute approximate surface area is 183 Å². The van der Waals surface area contributed by atoms with E-state index >= 15 is 0 Å². The molecule has 0 heterocycles. The predicted octanol–water partition coefficient (Wildman–Crippen LogP) is 7.34. The molecule has 0 spiro atoms. The van der Waals surface area contributed by atoms with E-state index in [2.05, 4.69) is 0 Å². The minimum absolute atomic E-state index is 0.0926. The molecule has 0 aliphatic carbocycles. The molecule has 0 saturated heterocycles. The van der Waals surface area contributed by atoms with Crippen molar-refractivity contribution < 1.29 is 9.53 Å². The van der Waals surface area contributed by atoms with Crippen LogP contribution < -0.4 is 4.74 Å². The van der Waals surface area contributed by atoms with E-state index in [4.69, 9.17) is 39.5 Å². The number of rotatable bonds is 8. The van der Waals surface area contributed by atoms with Crippen molar-refractivity contribution in [3.8, 4) is 5.75 Å². The Bertz CT molecular complexity index is 941. The maximum atomic E-state index is 12.3. The fraction of sp³-hybridized carbons (Fsp3) is 0.136. The molecule has 0 saturated carbocycles. The highest BCUT2D eigenvalue weighted by molar-refractivity contribution is 7.99. The molecule has 0 fully saturated rings. The number of benzene rings is 3. The van der Waals surface area contributed by atoms with Crippen LogP contribution in [0.1, 0.15) is 21.5 Å². The van der Waals surface area contributed by atoms with Crippen molar-refractivity contribution >= 4 is 52.3 Å². The number of halogens is 3. The first-order valence-corrected chi connectivity index (χ1v) is 10.8. The number of Topliss-reactive ketones (excluding diaryl/α,β-unsaturated/α-hetero) is 1. The summed E-state index contributed by atoms with van der Waals surface area (Å²) in [5.41, 5.74) is 2.74. The van der Waals surface area contributed by atoms with Crippen LogP contribution in [0.5, 0.6) is 5.75 Å². The van der Waals surface area contributed by atoms with Crippen LogP contribution in [0.15, 0.2) is 66.7 Å². The summed E-state index contributed by atoms with van der Waals surface area (Å²) in [5, 5.41) is 1.73. The predicted molar refractivity (Wildman–Crippen MR) is 119 cm³/mol. The van der Waals surface area contributed by atoms with Crippen molar-refractivity contribution in [2.45, 2.75) is 12.4 Å². The Morgan fingerprint density at radius 1 is 0.821 bits per heavy atom. The lowest BCUT2D eigenvalue weighted by atomic mass is 10.1. The van der Waals surface area contributed by atoms with Gasteiger partial charge in [-0.2, -0.15) is 0 Å². The Hall–Kier alpha value is -1.65. The molecule has 2 nitrogen and oxygen atoms in total. The van der Waals surface area contributed by atoms with Crippen LogP contribution >= 0.6 is 46.6 Å². The SMILES string of the molecule is O=C(CSCc1ccc(Cl)cc1)c1ccc(OCc2ccc(Cl)c(Cl)c2)cc1. The van der Waals surface area contributed by atoms with Crippen LogP contribution in [0.3, 0.4) is 0 Å². The number of ether oxygens (including phenoxy) is 1. The zero-order valence-electron chi connectivity index (χ0n) is 14.8. The second-order valence-corrected chi connectivity index (χ2v) is 8.34. The second-order valence-electron chi connectivity index (χ2n) is 6.10. The summed E-state index contributed by atoms with van der Waals surface area (Å²) in [6.45, 7) is 0.376. The molecule has 28 heavy (non-hydrogen) atoms. The van der Waals surface area contributed by atoms with Crippen molar-refractivity contribution in [3.05, 3.63) is 98.5 Å². The third kappa shape index (κ3) is 6.18. The average molecular weight is 452 g/mol. The Morgan fingerprint density at radius 3 is 2.18 bits per heavy atom. The molecule has 0 aliphatic rings. The van der Waals surface area contributed by atoms with Gasteiger partial charge in [-0.25, -0.2) is 0 Å². The molecule has 6 heteroatoms. The van der Waals surface area contributed by atoms with Crippen LogP contribution in [0.2, 0.25) is 15.1 Å². The largest absolute Gasteiger partial charge is 0.489 e. The lowest BCUT2D eigenvalue weighted by Gasteiger charge is -2.08. The fourth-order valence-electron chi connectivity index (χ4n) is 2.46. The normalized spacial score (nSPS) is 10.7. The number of carbonyl (C=O) groups is 1. The van der Waals surface area contributed by atoms with Gasteiger partial charge in [0.2, 0.25) is 0 Å². The highest BCUT2D eigenvalue weighted by atomic mass is 35.5. The Morgan fingerprint density at radius 2 is 1.50 bits per heavy atom. The quantitative estimate of drug-likeness (QED) is 0.335. The minimum Gasteiger partial charge on any atom is -0.489 e. The van der Waals surface area contributed by atoms with Crippen molar-refractivity contribution in [2.75, 3.05) is 5.75 Å². The molecule has 3 aromatic carbocycles. The summed E-state index contributed by atoms with van der Waals surface area (Å²) in [7, 11) is 0. The molecule has 0 aliphatic heterocycles. The van der Waals surface area contributed by atoms with Gasteiger partial charge < -0.3 is 4.74 Å². The third-order valence-electron chi connectivity index (χ3n) is 3.98. The minimum atomic E-state index is 0.0926. The van der Waals surface area contributed by atoms with Gasteiger partial charge in [0.1, 0.15) is 12.4 Å². The molecule has 0 bridgehead atoms. The summed E-state index contributed by atoms with van der Waals surface area (Å²) in [4.78, 5) is 12.3. The number of hydrogen-bond donors (Lipinski definition) is 0. The van der Waals surface area contributed by atoms with Gasteiger partial charge in [0.05, 0.1) is 15.8 Å². The van der Waals surface area contributed by atoms with Gasteiger partial charge in [0, 0.05) is 16.3 Å². The highest BCUT2D eigenvalue weighted by Gasteiger charge is 2.07. The zero-order chi connectivity index (χ0) is 19.9. The van der Waals surface area contributed by atoms with Gasteiger partial charge in [-0.15, -0.1) is 11.8 Å². The van der Waals surface area contributed by atoms with E-state index in [1.54, 1.807) is 48.2 Å². The van der Waals surface area contributed by atoms with Crippen molar-refractivity contribution in [1.82, 2.24) is 0 Å². The zero-order valence-corrected chi connectivity index (χ0v) is 17.9. The topological polar surface area (TPSA) is 26.3 Å².